The van der Waals surface area contributed by atoms with E-state index in [0.717, 1.165) is 23.0 Å². The van der Waals surface area contributed by atoms with Gasteiger partial charge in [0.1, 0.15) is 6.04 Å². The number of amides is 3. The molecule has 1 heterocycles. The number of carbonyl (C=O) groups excluding carboxylic acids is 3. The molecule has 0 saturated heterocycles. The molecular formula is C28H35F3N7O3+. The molecule has 0 spiro atoms. The van der Waals surface area contributed by atoms with Crippen LogP contribution in [0.4, 0.5) is 18.9 Å². The van der Waals surface area contributed by atoms with Gasteiger partial charge in [0.15, 0.2) is 6.20 Å². The average Bonchev–Trinajstić information content (AvgIpc) is 2.94. The summed E-state index contributed by atoms with van der Waals surface area (Å²) < 4.78 is 38.8. The van der Waals surface area contributed by atoms with Gasteiger partial charge in [0.05, 0.1) is 18.0 Å². The minimum absolute atomic E-state index is 0.0669. The number of alkyl halides is 3. The van der Waals surface area contributed by atoms with Gasteiger partial charge in [-0.3, -0.25) is 14.4 Å². The molecule has 0 fully saturated rings. The molecule has 1 aromatic heterocycles. The van der Waals surface area contributed by atoms with Crippen molar-refractivity contribution in [2.75, 3.05) is 31.5 Å². The van der Waals surface area contributed by atoms with Crippen molar-refractivity contribution in [1.29, 1.82) is 0 Å². The normalized spacial score (nSPS) is 12.9. The Morgan fingerprint density at radius 3 is 2.27 bits per heavy atom. The molecule has 2 aromatic carbocycles. The number of aromatic amines is 1. The van der Waals surface area contributed by atoms with Crippen molar-refractivity contribution in [3.63, 3.8) is 0 Å². The van der Waals surface area contributed by atoms with E-state index in [1.165, 1.54) is 17.0 Å². The first-order valence-corrected chi connectivity index (χ1v) is 13.1. The highest BCUT2D eigenvalue weighted by Crippen LogP contribution is 2.29. The smallest absolute Gasteiger partial charge is 0.343 e. The van der Waals surface area contributed by atoms with Gasteiger partial charge in [-0.25, -0.2) is 4.98 Å². The Morgan fingerprint density at radius 1 is 0.951 bits per heavy atom. The Hall–Kier alpha value is -4.07. The Morgan fingerprint density at radius 2 is 1.63 bits per heavy atom. The van der Waals surface area contributed by atoms with Crippen molar-refractivity contribution >= 4 is 34.3 Å². The van der Waals surface area contributed by atoms with Crippen LogP contribution in [0.25, 0.3) is 10.9 Å². The number of fused-ring (bicyclic) bond motifs is 1. The fourth-order valence-electron chi connectivity index (χ4n) is 4.23. The number of nitrogens with two attached hydrogens (primary N) is 3. The molecule has 0 bridgehead atoms. The first-order valence-electron chi connectivity index (χ1n) is 13.1. The molecular weight excluding hydrogens is 539 g/mol. The number of nitrogens with zero attached hydrogens (tertiary/aromatic N) is 1. The maximum Gasteiger partial charge on any atom is 0.416 e. The highest BCUT2D eigenvalue weighted by molar-refractivity contribution is 5.99. The van der Waals surface area contributed by atoms with E-state index >= 15 is 0 Å². The molecule has 41 heavy (non-hydrogen) atoms. The van der Waals surface area contributed by atoms with E-state index in [2.05, 4.69) is 15.6 Å². The second-order valence-corrected chi connectivity index (χ2v) is 9.52. The quantitative estimate of drug-likeness (QED) is 0.205. The highest BCUT2D eigenvalue weighted by atomic mass is 19.4. The fourth-order valence-corrected chi connectivity index (χ4v) is 4.23. The lowest BCUT2D eigenvalue weighted by molar-refractivity contribution is -0.344. The zero-order valence-electron chi connectivity index (χ0n) is 22.4. The van der Waals surface area contributed by atoms with E-state index in [9.17, 15) is 27.6 Å². The minimum atomic E-state index is -4.47. The Labute approximate surface area is 235 Å². The summed E-state index contributed by atoms with van der Waals surface area (Å²) in [7, 11) is 0. The Bertz CT molecular complexity index is 1330. The summed E-state index contributed by atoms with van der Waals surface area (Å²) in [5, 5.41) is 6.23. The van der Waals surface area contributed by atoms with Gasteiger partial charge in [0, 0.05) is 49.4 Å². The van der Waals surface area contributed by atoms with Crippen molar-refractivity contribution in [3.8, 4) is 0 Å². The molecule has 220 valence electrons. The van der Waals surface area contributed by atoms with Crippen LogP contribution in [0.3, 0.4) is 0 Å². The summed E-state index contributed by atoms with van der Waals surface area (Å²) in [6.07, 6.45) is -2.76. The van der Waals surface area contributed by atoms with Crippen LogP contribution in [0.2, 0.25) is 0 Å². The number of hydrogen-bond acceptors (Lipinski definition) is 6. The third kappa shape index (κ3) is 9.23. The van der Waals surface area contributed by atoms with Gasteiger partial charge in [-0.1, -0.05) is 12.1 Å². The molecule has 3 aromatic rings. The lowest BCUT2D eigenvalue weighted by atomic mass is 10.0. The van der Waals surface area contributed by atoms with Gasteiger partial charge in [-0.05, 0) is 48.7 Å². The molecule has 0 aliphatic heterocycles. The molecule has 3 rings (SSSR count). The van der Waals surface area contributed by atoms with Crippen molar-refractivity contribution in [2.45, 2.75) is 37.5 Å². The van der Waals surface area contributed by atoms with Crippen LogP contribution in [0.15, 0.2) is 60.8 Å². The molecule has 0 aliphatic rings. The molecule has 0 radical (unpaired) electrons. The molecule has 9 N–H and O–H groups in total. The fraction of sp³-hybridized carbons (Fsp3) is 0.357. The number of carbonyl (C=O) groups is 3. The van der Waals surface area contributed by atoms with Crippen LogP contribution in [0.1, 0.15) is 24.0 Å². The predicted octanol–water partition coefficient (Wildman–Crippen LogP) is 1.19. The lowest BCUT2D eigenvalue weighted by Gasteiger charge is -2.24. The summed E-state index contributed by atoms with van der Waals surface area (Å²) in [6, 6.07) is 11.1. The molecule has 2 atom stereocenters. The van der Waals surface area contributed by atoms with Crippen LogP contribution in [0, 0.1) is 0 Å². The number of benzene rings is 2. The number of halogens is 3. The number of rotatable bonds is 13. The van der Waals surface area contributed by atoms with Crippen molar-refractivity contribution < 1.29 is 32.5 Å². The summed E-state index contributed by atoms with van der Waals surface area (Å²) >= 11 is 0. The van der Waals surface area contributed by atoms with Gasteiger partial charge >= 0.3 is 6.18 Å². The predicted molar refractivity (Wildman–Crippen MR) is 148 cm³/mol. The Balaban J connectivity index is 1.73. The van der Waals surface area contributed by atoms with Crippen LogP contribution >= 0.6 is 0 Å². The molecule has 13 heteroatoms. The maximum atomic E-state index is 13.3. The van der Waals surface area contributed by atoms with Crippen LogP contribution < -0.4 is 32.8 Å². The van der Waals surface area contributed by atoms with E-state index in [4.69, 9.17) is 17.2 Å². The van der Waals surface area contributed by atoms with Crippen molar-refractivity contribution in [1.82, 2.24) is 10.2 Å². The maximum absolute atomic E-state index is 13.3. The number of aromatic nitrogens is 1. The average molecular weight is 575 g/mol. The highest BCUT2D eigenvalue weighted by Gasteiger charge is 2.30. The summed E-state index contributed by atoms with van der Waals surface area (Å²) in [6.45, 7) is 0.941. The van der Waals surface area contributed by atoms with Gasteiger partial charge in [0.25, 0.3) is 0 Å². The zero-order chi connectivity index (χ0) is 30.0. The number of H-pyrrole nitrogens is 1. The standard InChI is InChI=1S/C28H34F3N7O3/c29-28(30,31)20-6-3-18(4-7-20)5-9-24(27(41)36-21-8-10-23-19(16-21)2-1-13-35-23)37-26(40)22(34)17-25(39)38(14-11-32)15-12-33/h1-4,6-8,10,13,16,22,24H,5,9,11-12,14-15,17,32-34H2,(H,36,41)(H,37,40)/p+1/t22-,24+/m0/s1. The Kier molecular flexibility index (Phi) is 11.1. The third-order valence-corrected chi connectivity index (χ3v) is 6.45. The first-order chi connectivity index (χ1) is 19.5. The van der Waals surface area contributed by atoms with E-state index in [-0.39, 0.29) is 45.4 Å². The van der Waals surface area contributed by atoms with Crippen molar-refractivity contribution in [3.05, 3.63) is 71.9 Å². The summed E-state index contributed by atoms with van der Waals surface area (Å²) in [5.41, 5.74) is 18.2. The monoisotopic (exact) mass is 574 g/mol. The molecule has 0 saturated carbocycles. The second-order valence-electron chi connectivity index (χ2n) is 9.52. The minimum Gasteiger partial charge on any atom is -0.343 e. The third-order valence-electron chi connectivity index (χ3n) is 6.45. The topological polar surface area (TPSA) is 171 Å². The van der Waals surface area contributed by atoms with E-state index in [1.54, 1.807) is 24.4 Å². The van der Waals surface area contributed by atoms with Gasteiger partial charge < -0.3 is 32.7 Å². The molecule has 0 unspecified atom stereocenters. The van der Waals surface area contributed by atoms with Gasteiger partial charge in [0.2, 0.25) is 23.2 Å². The van der Waals surface area contributed by atoms with Gasteiger partial charge in [-0.2, -0.15) is 13.2 Å². The van der Waals surface area contributed by atoms with Crippen LogP contribution in [-0.4, -0.2) is 60.9 Å². The summed E-state index contributed by atoms with van der Waals surface area (Å²) in [4.78, 5) is 43.4. The molecule has 3 amide bonds. The largest absolute Gasteiger partial charge is 0.416 e. The van der Waals surface area contributed by atoms with E-state index in [0.29, 0.717) is 11.3 Å². The number of pyridine rings is 1. The number of hydrogen-bond donors (Lipinski definition) is 5. The second kappa shape index (κ2) is 14.5. The van der Waals surface area contributed by atoms with Crippen molar-refractivity contribution in [2.24, 2.45) is 17.2 Å². The van der Waals surface area contributed by atoms with E-state index < -0.39 is 41.5 Å². The lowest BCUT2D eigenvalue weighted by Crippen LogP contribution is -2.52. The number of nitrogens with one attached hydrogen (secondary N) is 3. The number of anilines is 1. The summed E-state index contributed by atoms with van der Waals surface area (Å²) in [5.74, 6) is -1.67. The SMILES string of the molecule is NCCN(CCN)C(=O)C[C@H](N)C(=O)N[C@H](CCc1ccc(C(F)(F)F)cc1)C(=O)Nc1ccc2[nH+]cccc2c1. The van der Waals surface area contributed by atoms with Gasteiger partial charge in [-0.15, -0.1) is 0 Å². The van der Waals surface area contributed by atoms with Crippen LogP contribution in [0.5, 0.6) is 0 Å². The first kappa shape index (κ1) is 31.5. The molecule has 10 nitrogen and oxygen atoms in total. The molecule has 0 aliphatic carbocycles. The number of aryl methyl sites for hydroxylation is 1. The zero-order valence-corrected chi connectivity index (χ0v) is 22.4. The van der Waals surface area contributed by atoms with E-state index in [1.807, 2.05) is 12.1 Å². The van der Waals surface area contributed by atoms with Crippen LogP contribution in [-0.2, 0) is 27.0 Å².